The van der Waals surface area contributed by atoms with Crippen LogP contribution in [0, 0.1) is 12.3 Å². The highest BCUT2D eigenvalue weighted by atomic mass is 16.5. The minimum atomic E-state index is 0.248. The highest BCUT2D eigenvalue weighted by Crippen LogP contribution is 2.29. The highest BCUT2D eigenvalue weighted by molar-refractivity contribution is 5.19. The normalized spacial score (nSPS) is 13.4. The lowest BCUT2D eigenvalue weighted by molar-refractivity contribution is 0.294. The van der Waals surface area contributed by atoms with Crippen molar-refractivity contribution in [2.75, 3.05) is 0 Å². The van der Waals surface area contributed by atoms with E-state index in [4.69, 9.17) is 4.52 Å². The van der Waals surface area contributed by atoms with Gasteiger partial charge in [0.05, 0.1) is 6.54 Å². The van der Waals surface area contributed by atoms with Gasteiger partial charge in [-0.3, -0.25) is 0 Å². The molecule has 0 aliphatic carbocycles. The van der Waals surface area contributed by atoms with E-state index < -0.39 is 0 Å². The third-order valence-corrected chi connectivity index (χ3v) is 3.09. The van der Waals surface area contributed by atoms with Gasteiger partial charge in [-0.2, -0.15) is 4.98 Å². The van der Waals surface area contributed by atoms with Crippen LogP contribution in [0.2, 0.25) is 0 Å². The van der Waals surface area contributed by atoms with Crippen molar-refractivity contribution in [3.8, 4) is 0 Å². The van der Waals surface area contributed by atoms with Gasteiger partial charge in [0.25, 0.3) is 0 Å². The average Bonchev–Trinajstić information content (AvgIpc) is 2.80. The highest BCUT2D eigenvalue weighted by Gasteiger charge is 2.20. The Hall–Kier alpha value is -1.68. The van der Waals surface area contributed by atoms with Crippen LogP contribution < -0.4 is 5.32 Å². The zero-order valence-electron chi connectivity index (χ0n) is 12.7. The average molecular weight is 273 g/mol. The molecule has 0 aliphatic heterocycles. The Bertz CT molecular complexity index is 528. The molecule has 0 radical (unpaired) electrons. The SMILES string of the molecule is Cc1noc(CNC(CC(C)(C)C)c2ccccc2)n1. The van der Waals surface area contributed by atoms with Crippen LogP contribution >= 0.6 is 0 Å². The molecule has 20 heavy (non-hydrogen) atoms. The largest absolute Gasteiger partial charge is 0.338 e. The Kier molecular flexibility index (Phi) is 4.55. The minimum absolute atomic E-state index is 0.248. The van der Waals surface area contributed by atoms with Gasteiger partial charge in [-0.25, -0.2) is 0 Å². The molecule has 1 aromatic carbocycles. The van der Waals surface area contributed by atoms with Crippen LogP contribution in [0.4, 0.5) is 0 Å². The van der Waals surface area contributed by atoms with E-state index in [-0.39, 0.29) is 11.5 Å². The molecule has 4 heteroatoms. The molecule has 1 aromatic heterocycles. The van der Waals surface area contributed by atoms with Crippen LogP contribution in [0.15, 0.2) is 34.9 Å². The molecule has 1 N–H and O–H groups in total. The fourth-order valence-electron chi connectivity index (χ4n) is 2.23. The lowest BCUT2D eigenvalue weighted by atomic mass is 9.85. The summed E-state index contributed by atoms with van der Waals surface area (Å²) in [4.78, 5) is 4.23. The number of rotatable bonds is 5. The molecule has 0 aliphatic rings. The molecule has 1 atom stereocenters. The smallest absolute Gasteiger partial charge is 0.240 e. The van der Waals surface area contributed by atoms with E-state index >= 15 is 0 Å². The number of nitrogens with zero attached hydrogens (tertiary/aromatic N) is 2. The van der Waals surface area contributed by atoms with Gasteiger partial charge in [-0.15, -0.1) is 0 Å². The Morgan fingerprint density at radius 3 is 2.45 bits per heavy atom. The fourth-order valence-corrected chi connectivity index (χ4v) is 2.23. The first-order chi connectivity index (χ1) is 9.44. The zero-order chi connectivity index (χ0) is 14.6. The summed E-state index contributed by atoms with van der Waals surface area (Å²) in [5, 5.41) is 7.34. The number of hydrogen-bond donors (Lipinski definition) is 1. The Labute approximate surface area is 120 Å². The Morgan fingerprint density at radius 1 is 1.20 bits per heavy atom. The second-order valence-electron chi connectivity index (χ2n) is 6.34. The maximum absolute atomic E-state index is 5.16. The molecule has 0 spiro atoms. The van der Waals surface area contributed by atoms with Crippen molar-refractivity contribution in [3.05, 3.63) is 47.6 Å². The lowest BCUT2D eigenvalue weighted by Gasteiger charge is -2.27. The Balaban J connectivity index is 2.07. The van der Waals surface area contributed by atoms with Crippen LogP contribution in [0.3, 0.4) is 0 Å². The monoisotopic (exact) mass is 273 g/mol. The van der Waals surface area contributed by atoms with Gasteiger partial charge in [0, 0.05) is 6.04 Å². The number of aromatic nitrogens is 2. The fraction of sp³-hybridized carbons (Fsp3) is 0.500. The summed E-state index contributed by atoms with van der Waals surface area (Å²) in [7, 11) is 0. The molecule has 0 fully saturated rings. The number of aryl methyl sites for hydroxylation is 1. The molecule has 4 nitrogen and oxygen atoms in total. The van der Waals surface area contributed by atoms with Gasteiger partial charge >= 0.3 is 0 Å². The van der Waals surface area contributed by atoms with Crippen LogP contribution in [0.5, 0.6) is 0 Å². The molecule has 1 heterocycles. The van der Waals surface area contributed by atoms with E-state index in [9.17, 15) is 0 Å². The number of benzene rings is 1. The first-order valence-electron chi connectivity index (χ1n) is 7.01. The molecule has 0 amide bonds. The van der Waals surface area contributed by atoms with E-state index in [1.54, 1.807) is 0 Å². The van der Waals surface area contributed by atoms with Gasteiger partial charge in [-0.05, 0) is 24.3 Å². The third-order valence-electron chi connectivity index (χ3n) is 3.09. The Morgan fingerprint density at radius 2 is 1.90 bits per heavy atom. The van der Waals surface area contributed by atoms with Gasteiger partial charge in [0.1, 0.15) is 0 Å². The second kappa shape index (κ2) is 6.18. The lowest BCUT2D eigenvalue weighted by Crippen LogP contribution is -2.25. The summed E-state index contributed by atoms with van der Waals surface area (Å²) in [6.07, 6.45) is 1.05. The zero-order valence-corrected chi connectivity index (χ0v) is 12.7. The van der Waals surface area contributed by atoms with Crippen molar-refractivity contribution >= 4 is 0 Å². The summed E-state index contributed by atoms with van der Waals surface area (Å²) in [6, 6.07) is 10.8. The van der Waals surface area contributed by atoms with Crippen LogP contribution in [0.1, 0.15) is 50.5 Å². The van der Waals surface area contributed by atoms with E-state index in [1.807, 2.05) is 13.0 Å². The van der Waals surface area contributed by atoms with Crippen molar-refractivity contribution in [1.29, 1.82) is 0 Å². The predicted octanol–water partition coefficient (Wildman–Crippen LogP) is 3.65. The summed E-state index contributed by atoms with van der Waals surface area (Å²) in [6.45, 7) is 9.18. The van der Waals surface area contributed by atoms with E-state index in [1.165, 1.54) is 5.56 Å². The van der Waals surface area contributed by atoms with E-state index in [2.05, 4.69) is 60.5 Å². The summed E-state index contributed by atoms with van der Waals surface area (Å²) >= 11 is 0. The quantitative estimate of drug-likeness (QED) is 0.903. The third kappa shape index (κ3) is 4.46. The number of nitrogens with one attached hydrogen (secondary N) is 1. The van der Waals surface area contributed by atoms with Crippen LogP contribution in [-0.4, -0.2) is 10.1 Å². The molecule has 1 unspecified atom stereocenters. The molecule has 0 bridgehead atoms. The van der Waals surface area contributed by atoms with Gasteiger partial charge in [-0.1, -0.05) is 56.3 Å². The van der Waals surface area contributed by atoms with Gasteiger partial charge < -0.3 is 9.84 Å². The van der Waals surface area contributed by atoms with Crippen LogP contribution in [0.25, 0.3) is 0 Å². The molecule has 108 valence electrons. The molecular weight excluding hydrogens is 250 g/mol. The molecule has 2 aromatic rings. The molecule has 2 rings (SSSR count). The first-order valence-corrected chi connectivity index (χ1v) is 7.01. The summed E-state index contributed by atoms with van der Waals surface area (Å²) < 4.78 is 5.16. The van der Waals surface area contributed by atoms with Gasteiger partial charge in [0.2, 0.25) is 5.89 Å². The van der Waals surface area contributed by atoms with Gasteiger partial charge in [0.15, 0.2) is 5.82 Å². The van der Waals surface area contributed by atoms with E-state index in [0.29, 0.717) is 18.3 Å². The molecular formula is C16H23N3O. The molecule has 0 saturated carbocycles. The standard InChI is InChI=1S/C16H23N3O/c1-12-18-15(20-19-12)11-17-14(10-16(2,3)4)13-8-6-5-7-9-13/h5-9,14,17H,10-11H2,1-4H3. The minimum Gasteiger partial charge on any atom is -0.338 e. The summed E-state index contributed by atoms with van der Waals surface area (Å²) in [5.74, 6) is 1.31. The predicted molar refractivity (Wildman–Crippen MR) is 79.1 cm³/mol. The van der Waals surface area contributed by atoms with Crippen molar-refractivity contribution in [1.82, 2.24) is 15.5 Å². The van der Waals surface area contributed by atoms with Crippen molar-refractivity contribution in [2.24, 2.45) is 5.41 Å². The molecule has 0 saturated heterocycles. The second-order valence-corrected chi connectivity index (χ2v) is 6.34. The maximum Gasteiger partial charge on any atom is 0.240 e. The number of hydrogen-bond acceptors (Lipinski definition) is 4. The van der Waals surface area contributed by atoms with E-state index in [0.717, 1.165) is 6.42 Å². The first kappa shape index (κ1) is 14.7. The van der Waals surface area contributed by atoms with Crippen molar-refractivity contribution in [3.63, 3.8) is 0 Å². The van der Waals surface area contributed by atoms with Crippen molar-refractivity contribution in [2.45, 2.75) is 46.7 Å². The topological polar surface area (TPSA) is 51.0 Å². The van der Waals surface area contributed by atoms with Crippen molar-refractivity contribution < 1.29 is 4.52 Å². The summed E-state index contributed by atoms with van der Waals surface area (Å²) in [5.41, 5.74) is 1.54. The van der Waals surface area contributed by atoms with Crippen LogP contribution in [-0.2, 0) is 6.54 Å². The maximum atomic E-state index is 5.16.